The topological polar surface area (TPSA) is 38.2 Å². The van der Waals surface area contributed by atoms with Gasteiger partial charge in [-0.05, 0) is 142 Å². The summed E-state index contributed by atoms with van der Waals surface area (Å²) in [6.07, 6.45) is 8.38. The van der Waals surface area contributed by atoms with Crippen LogP contribution in [0.4, 0.5) is 17.1 Å². The maximum atomic E-state index is 7.07. The Morgan fingerprint density at radius 2 is 1.03 bits per heavy atom. The lowest BCUT2D eigenvalue weighted by Crippen LogP contribution is -2.32. The quantitative estimate of drug-likeness (QED) is 0.177. The molecule has 0 saturated heterocycles. The van der Waals surface area contributed by atoms with E-state index >= 15 is 0 Å². The lowest BCUT2D eigenvalue weighted by atomic mass is 9.61. The average molecular weight is 888 g/mol. The van der Waals surface area contributed by atoms with Gasteiger partial charge in [0.15, 0.2) is 11.5 Å². The van der Waals surface area contributed by atoms with Crippen LogP contribution < -0.4 is 9.64 Å². The molecule has 0 radical (unpaired) electrons. The van der Waals surface area contributed by atoms with Crippen molar-refractivity contribution in [1.29, 1.82) is 0 Å². The number of benzene rings is 8. The molecule has 0 amide bonds. The average Bonchev–Trinajstić information content (AvgIpc) is 4.04. The summed E-state index contributed by atoms with van der Waals surface area (Å²) < 4.78 is 9.58. The molecule has 0 bridgehead atoms. The molecule has 3 aromatic heterocycles. The Labute approximate surface area is 398 Å². The molecule has 0 N–H and O–H groups in total. The molecule has 0 saturated carbocycles. The van der Waals surface area contributed by atoms with Gasteiger partial charge in [0.1, 0.15) is 0 Å². The molecule has 8 aromatic carbocycles. The summed E-state index contributed by atoms with van der Waals surface area (Å²) in [5.41, 5.74) is 24.2. The summed E-state index contributed by atoms with van der Waals surface area (Å²) in [6, 6.07) is 56.8. The highest BCUT2D eigenvalue weighted by molar-refractivity contribution is 7.27. The van der Waals surface area contributed by atoms with E-state index in [9.17, 15) is 0 Å². The van der Waals surface area contributed by atoms with Crippen LogP contribution in [0, 0.1) is 27.7 Å². The van der Waals surface area contributed by atoms with Crippen molar-refractivity contribution < 1.29 is 4.74 Å². The van der Waals surface area contributed by atoms with E-state index in [-0.39, 0.29) is 0 Å². The van der Waals surface area contributed by atoms with Crippen LogP contribution in [0.1, 0.15) is 55.6 Å². The lowest BCUT2D eigenvalue weighted by molar-refractivity contribution is 0.477. The zero-order valence-corrected chi connectivity index (χ0v) is 38.7. The second kappa shape index (κ2) is 13.5. The van der Waals surface area contributed by atoms with Crippen LogP contribution in [-0.4, -0.2) is 9.97 Å². The van der Waals surface area contributed by atoms with Crippen LogP contribution in [0.5, 0.6) is 11.5 Å². The summed E-state index contributed by atoms with van der Waals surface area (Å²) >= 11 is 1.91. The first-order valence-electron chi connectivity index (χ1n) is 23.4. The first kappa shape index (κ1) is 38.0. The third kappa shape index (κ3) is 4.98. The minimum atomic E-state index is -0.606. The zero-order valence-electron chi connectivity index (χ0n) is 37.9. The lowest BCUT2D eigenvalue weighted by Gasteiger charge is -2.40. The Balaban J connectivity index is 1.01. The predicted octanol–water partition coefficient (Wildman–Crippen LogP) is 17.0. The number of fused-ring (bicyclic) bond motifs is 15. The van der Waals surface area contributed by atoms with E-state index in [1.54, 1.807) is 0 Å². The number of ether oxygens (including phenoxy) is 1. The van der Waals surface area contributed by atoms with Crippen LogP contribution in [0.2, 0.25) is 0 Å². The van der Waals surface area contributed by atoms with E-state index in [0.29, 0.717) is 0 Å². The molecule has 4 nitrogen and oxygen atoms in total. The predicted molar refractivity (Wildman–Crippen MR) is 282 cm³/mol. The monoisotopic (exact) mass is 887 g/mol. The number of nitrogens with zero attached hydrogens (tertiary/aromatic N) is 3. The molecular formula is C63H41N3OS. The molecule has 1 spiro atoms. The van der Waals surface area contributed by atoms with Crippen molar-refractivity contribution in [2.24, 2.45) is 0 Å². The minimum Gasteiger partial charge on any atom is -0.453 e. The maximum absolute atomic E-state index is 7.07. The summed E-state index contributed by atoms with van der Waals surface area (Å²) in [5.74, 6) is 1.66. The minimum absolute atomic E-state index is 0.606. The number of aryl methyl sites for hydroxylation is 4. The van der Waals surface area contributed by atoms with Crippen LogP contribution in [0.25, 0.3) is 87.9 Å². The summed E-state index contributed by atoms with van der Waals surface area (Å²) in [5, 5.41) is 5.14. The van der Waals surface area contributed by atoms with Crippen LogP contribution in [-0.2, 0) is 5.41 Å². The van der Waals surface area contributed by atoms with Crippen LogP contribution in [0.15, 0.2) is 164 Å². The molecule has 15 rings (SSSR count). The SMILES string of the molecule is Cc1cc(C)cc(-c2ccc3c(c2)Oc2cc(-c4cc(C)cc(C)c4)ccc2N3c2cccc3c2sc2c4c(ccc23)C2(c3cccnc3-c3ncccc32)c2ccc3c5c(ccc-4c25)C=C3)c1. The third-order valence-corrected chi connectivity index (χ3v) is 16.3. The number of hydrogen-bond donors (Lipinski definition) is 0. The number of rotatable bonds is 3. The number of thiophene rings is 1. The molecular weight excluding hydrogens is 847 g/mol. The Hall–Kier alpha value is -8.12. The Kier molecular flexibility index (Phi) is 7.55. The Bertz CT molecular complexity index is 3940. The third-order valence-electron chi connectivity index (χ3n) is 15.0. The number of hydrogen-bond acceptors (Lipinski definition) is 5. The van der Waals surface area contributed by atoms with Gasteiger partial charge in [0.25, 0.3) is 0 Å². The van der Waals surface area contributed by atoms with Gasteiger partial charge >= 0.3 is 0 Å². The number of anilines is 3. The van der Waals surface area contributed by atoms with Crippen molar-refractivity contribution in [1.82, 2.24) is 9.97 Å². The number of pyridine rings is 2. The molecule has 11 aromatic rings. The van der Waals surface area contributed by atoms with Crippen LogP contribution >= 0.6 is 11.3 Å². The number of aromatic nitrogens is 2. The van der Waals surface area contributed by atoms with Gasteiger partial charge in [-0.1, -0.05) is 144 Å². The first-order chi connectivity index (χ1) is 33.3. The van der Waals surface area contributed by atoms with E-state index in [1.165, 1.54) is 109 Å². The van der Waals surface area contributed by atoms with E-state index in [0.717, 1.165) is 51.1 Å². The van der Waals surface area contributed by atoms with Crippen molar-refractivity contribution in [3.8, 4) is 56.3 Å². The molecule has 0 atom stereocenters. The molecule has 3 aliphatic carbocycles. The van der Waals surface area contributed by atoms with Crippen molar-refractivity contribution in [3.63, 3.8) is 0 Å². The normalized spacial score (nSPS) is 14.0. The van der Waals surface area contributed by atoms with Crippen molar-refractivity contribution >= 4 is 71.5 Å². The fourth-order valence-corrected chi connectivity index (χ4v) is 13.9. The summed E-state index contributed by atoms with van der Waals surface area (Å²) in [6.45, 7) is 8.67. The summed E-state index contributed by atoms with van der Waals surface area (Å²) in [7, 11) is 0. The Morgan fingerprint density at radius 3 is 1.65 bits per heavy atom. The van der Waals surface area contributed by atoms with Gasteiger partial charge in [0.2, 0.25) is 0 Å². The zero-order chi connectivity index (χ0) is 45.2. The standard InChI is InChI=1S/C63H41N3OS/c1-34-26-35(2)29-42(28-34)40-16-22-51-54(32-40)67-55-33-41(43-30-36(3)27-37(4)31-43)17-23-52(55)66(51)53-11-5-8-44-45-19-21-48-58(62(45)68-61(44)53)46-18-14-38-12-13-39-15-20-47(57(46)56(38)39)63(48)49-9-6-24-64-59(49)60-50(63)10-7-25-65-60/h5-33H,1-4H3. The smallest absolute Gasteiger partial charge is 0.152 e. The largest absolute Gasteiger partial charge is 0.453 e. The van der Waals surface area contributed by atoms with Gasteiger partial charge < -0.3 is 9.64 Å². The van der Waals surface area contributed by atoms with Gasteiger partial charge in [0, 0.05) is 33.4 Å². The molecule has 1 aliphatic heterocycles. The van der Waals surface area contributed by atoms with Crippen molar-refractivity contribution in [3.05, 3.63) is 220 Å². The molecule has 5 heteroatoms. The van der Waals surface area contributed by atoms with E-state index < -0.39 is 5.41 Å². The highest BCUT2D eigenvalue weighted by atomic mass is 32.1. The van der Waals surface area contributed by atoms with E-state index in [2.05, 4.69) is 196 Å². The second-order valence-electron chi connectivity index (χ2n) is 19.2. The van der Waals surface area contributed by atoms with Gasteiger partial charge in [-0.3, -0.25) is 9.97 Å². The van der Waals surface area contributed by atoms with E-state index in [1.807, 2.05) is 23.7 Å². The highest BCUT2D eigenvalue weighted by Crippen LogP contribution is 2.64. The maximum Gasteiger partial charge on any atom is 0.152 e. The first-order valence-corrected chi connectivity index (χ1v) is 24.3. The fraction of sp³-hybridized carbons (Fsp3) is 0.0794. The molecule has 68 heavy (non-hydrogen) atoms. The van der Waals surface area contributed by atoms with Crippen LogP contribution in [0.3, 0.4) is 0 Å². The molecule has 0 unspecified atom stereocenters. The molecule has 4 aliphatic rings. The van der Waals surface area contributed by atoms with Crippen molar-refractivity contribution in [2.45, 2.75) is 33.1 Å². The molecule has 4 heterocycles. The second-order valence-corrected chi connectivity index (χ2v) is 20.2. The van der Waals surface area contributed by atoms with Gasteiger partial charge in [-0.25, -0.2) is 0 Å². The van der Waals surface area contributed by atoms with E-state index in [4.69, 9.17) is 14.7 Å². The Morgan fingerprint density at radius 1 is 0.456 bits per heavy atom. The molecule has 0 fully saturated rings. The van der Waals surface area contributed by atoms with Crippen molar-refractivity contribution in [2.75, 3.05) is 4.90 Å². The fourth-order valence-electron chi connectivity index (χ4n) is 12.5. The van der Waals surface area contributed by atoms with Gasteiger partial charge in [0.05, 0.1) is 38.6 Å². The van der Waals surface area contributed by atoms with Gasteiger partial charge in [-0.2, -0.15) is 0 Å². The molecule has 320 valence electrons. The summed E-state index contributed by atoms with van der Waals surface area (Å²) in [4.78, 5) is 12.6. The van der Waals surface area contributed by atoms with Gasteiger partial charge in [-0.15, -0.1) is 11.3 Å². The highest BCUT2D eigenvalue weighted by Gasteiger charge is 2.52.